The second-order valence-corrected chi connectivity index (χ2v) is 1.62. The largest absolute Gasteiger partial charge is 0.328 e. The third-order valence-electron chi connectivity index (χ3n) is 0.858. The SMILES string of the molecule is CCCC(F)CN.Cl. The quantitative estimate of drug-likeness (QED) is 0.634. The van der Waals surface area contributed by atoms with Gasteiger partial charge in [0.15, 0.2) is 0 Å². The maximum Gasteiger partial charge on any atom is 0.112 e. The summed E-state index contributed by atoms with van der Waals surface area (Å²) in [6, 6.07) is 0. The topological polar surface area (TPSA) is 26.0 Å². The van der Waals surface area contributed by atoms with Crippen LogP contribution in [0.3, 0.4) is 0 Å². The molecule has 0 radical (unpaired) electrons. The van der Waals surface area contributed by atoms with E-state index in [0.29, 0.717) is 6.42 Å². The molecule has 0 amide bonds. The molecule has 1 unspecified atom stereocenters. The zero-order chi connectivity index (χ0) is 5.70. The first-order chi connectivity index (χ1) is 3.31. The third-order valence-corrected chi connectivity index (χ3v) is 0.858. The number of nitrogens with two attached hydrogens (primary N) is 1. The predicted molar refractivity (Wildman–Crippen MR) is 36.1 cm³/mol. The molecule has 0 bridgehead atoms. The average molecular weight is 142 g/mol. The smallest absolute Gasteiger partial charge is 0.112 e. The van der Waals surface area contributed by atoms with E-state index >= 15 is 0 Å². The summed E-state index contributed by atoms with van der Waals surface area (Å²) in [5.74, 6) is 0. The van der Waals surface area contributed by atoms with Crippen molar-refractivity contribution >= 4 is 12.4 Å². The molecule has 0 aromatic rings. The second kappa shape index (κ2) is 7.18. The molecule has 0 fully saturated rings. The molecule has 0 saturated heterocycles. The lowest BCUT2D eigenvalue weighted by molar-refractivity contribution is 0.320. The summed E-state index contributed by atoms with van der Waals surface area (Å²) in [5.41, 5.74) is 4.98. The highest BCUT2D eigenvalue weighted by atomic mass is 35.5. The van der Waals surface area contributed by atoms with Gasteiger partial charge in [0, 0.05) is 6.54 Å². The Bertz CT molecular complexity index is 43.4. The fourth-order valence-corrected chi connectivity index (χ4v) is 0.431. The average Bonchev–Trinajstić information content (AvgIpc) is 1.68. The van der Waals surface area contributed by atoms with E-state index in [1.54, 1.807) is 0 Å². The van der Waals surface area contributed by atoms with Crippen LogP contribution in [-0.4, -0.2) is 12.7 Å². The van der Waals surface area contributed by atoms with Crippen molar-refractivity contribution in [2.24, 2.45) is 5.73 Å². The first kappa shape index (κ1) is 11.0. The molecule has 1 nitrogen and oxygen atoms in total. The standard InChI is InChI=1S/C5H12FN.ClH/c1-2-3-5(6)4-7;/h5H,2-4,7H2,1H3;1H. The molecule has 1 atom stereocenters. The highest BCUT2D eigenvalue weighted by Gasteiger charge is 1.97. The molecule has 0 heterocycles. The van der Waals surface area contributed by atoms with Gasteiger partial charge in [0.25, 0.3) is 0 Å². The first-order valence-corrected chi connectivity index (χ1v) is 2.65. The van der Waals surface area contributed by atoms with Crippen molar-refractivity contribution in [3.63, 3.8) is 0 Å². The van der Waals surface area contributed by atoms with Crippen molar-refractivity contribution in [3.8, 4) is 0 Å². The van der Waals surface area contributed by atoms with Crippen molar-refractivity contribution in [1.82, 2.24) is 0 Å². The molecule has 0 saturated carbocycles. The van der Waals surface area contributed by atoms with Crippen LogP contribution in [0.15, 0.2) is 0 Å². The minimum absolute atomic E-state index is 0. The van der Waals surface area contributed by atoms with Crippen molar-refractivity contribution in [1.29, 1.82) is 0 Å². The van der Waals surface area contributed by atoms with E-state index < -0.39 is 6.17 Å². The van der Waals surface area contributed by atoms with E-state index in [-0.39, 0.29) is 19.0 Å². The van der Waals surface area contributed by atoms with E-state index in [2.05, 4.69) is 0 Å². The van der Waals surface area contributed by atoms with Gasteiger partial charge in [-0.1, -0.05) is 13.3 Å². The Kier molecular flexibility index (Phi) is 9.91. The Labute approximate surface area is 55.9 Å². The van der Waals surface area contributed by atoms with Crippen molar-refractivity contribution in [3.05, 3.63) is 0 Å². The van der Waals surface area contributed by atoms with Crippen LogP contribution in [0.2, 0.25) is 0 Å². The maximum atomic E-state index is 12.0. The van der Waals surface area contributed by atoms with Gasteiger partial charge in [-0.2, -0.15) is 0 Å². The summed E-state index contributed by atoms with van der Waals surface area (Å²) in [5, 5.41) is 0. The van der Waals surface area contributed by atoms with Crippen LogP contribution < -0.4 is 5.73 Å². The summed E-state index contributed by atoms with van der Waals surface area (Å²) in [4.78, 5) is 0. The van der Waals surface area contributed by atoms with Crippen LogP contribution in [0.4, 0.5) is 4.39 Å². The number of alkyl halides is 1. The zero-order valence-corrected chi connectivity index (χ0v) is 5.88. The van der Waals surface area contributed by atoms with Gasteiger partial charge in [0.1, 0.15) is 6.17 Å². The van der Waals surface area contributed by atoms with E-state index in [1.165, 1.54) is 0 Å². The van der Waals surface area contributed by atoms with Crippen LogP contribution in [0.1, 0.15) is 19.8 Å². The van der Waals surface area contributed by atoms with Gasteiger partial charge in [-0.05, 0) is 6.42 Å². The Balaban J connectivity index is 0. The molecule has 2 N–H and O–H groups in total. The number of halogens is 2. The Morgan fingerprint density at radius 2 is 2.12 bits per heavy atom. The van der Waals surface area contributed by atoms with Gasteiger partial charge in [0.2, 0.25) is 0 Å². The monoisotopic (exact) mass is 141 g/mol. The summed E-state index contributed by atoms with van der Waals surface area (Å²) < 4.78 is 12.0. The Hall–Kier alpha value is 0.180. The Morgan fingerprint density at radius 1 is 1.62 bits per heavy atom. The minimum Gasteiger partial charge on any atom is -0.328 e. The molecule has 0 spiro atoms. The summed E-state index contributed by atoms with van der Waals surface area (Å²) in [6.45, 7) is 2.12. The lowest BCUT2D eigenvalue weighted by atomic mass is 10.2. The fourth-order valence-electron chi connectivity index (χ4n) is 0.431. The number of rotatable bonds is 3. The lowest BCUT2D eigenvalue weighted by Crippen LogP contribution is -2.14. The van der Waals surface area contributed by atoms with Crippen molar-refractivity contribution in [2.45, 2.75) is 25.9 Å². The van der Waals surface area contributed by atoms with Crippen LogP contribution in [0.5, 0.6) is 0 Å². The summed E-state index contributed by atoms with van der Waals surface area (Å²) >= 11 is 0. The van der Waals surface area contributed by atoms with Crippen molar-refractivity contribution < 1.29 is 4.39 Å². The third kappa shape index (κ3) is 6.18. The molecule has 8 heavy (non-hydrogen) atoms. The summed E-state index contributed by atoms with van der Waals surface area (Å²) in [7, 11) is 0. The first-order valence-electron chi connectivity index (χ1n) is 2.65. The van der Waals surface area contributed by atoms with Crippen LogP contribution >= 0.6 is 12.4 Å². The maximum absolute atomic E-state index is 12.0. The van der Waals surface area contributed by atoms with Gasteiger partial charge in [0.05, 0.1) is 0 Å². The van der Waals surface area contributed by atoms with E-state index in [9.17, 15) is 4.39 Å². The van der Waals surface area contributed by atoms with Gasteiger partial charge in [-0.25, -0.2) is 4.39 Å². The molecule has 3 heteroatoms. The molecule has 0 aliphatic heterocycles. The van der Waals surface area contributed by atoms with E-state index in [4.69, 9.17) is 5.73 Å². The molecule has 0 rings (SSSR count). The molecule has 0 aromatic carbocycles. The van der Waals surface area contributed by atoms with E-state index in [1.807, 2.05) is 6.92 Å². The van der Waals surface area contributed by atoms with Crippen LogP contribution in [0.25, 0.3) is 0 Å². The minimum atomic E-state index is -0.773. The predicted octanol–water partition coefficient (Wildman–Crippen LogP) is 1.51. The van der Waals surface area contributed by atoms with Gasteiger partial charge in [-0.15, -0.1) is 12.4 Å². The number of hydrogen-bond acceptors (Lipinski definition) is 1. The van der Waals surface area contributed by atoms with Crippen LogP contribution in [-0.2, 0) is 0 Å². The molecule has 0 aliphatic carbocycles. The number of hydrogen-bond donors (Lipinski definition) is 1. The van der Waals surface area contributed by atoms with Gasteiger partial charge in [-0.3, -0.25) is 0 Å². The highest BCUT2D eigenvalue weighted by molar-refractivity contribution is 5.85. The van der Waals surface area contributed by atoms with Crippen LogP contribution in [0, 0.1) is 0 Å². The molecular weight excluding hydrogens is 129 g/mol. The normalized spacial score (nSPS) is 12.4. The lowest BCUT2D eigenvalue weighted by Gasteiger charge is -1.98. The molecular formula is C5H13ClFN. The highest BCUT2D eigenvalue weighted by Crippen LogP contribution is 1.96. The molecule has 52 valence electrons. The van der Waals surface area contributed by atoms with E-state index in [0.717, 1.165) is 6.42 Å². The Morgan fingerprint density at radius 3 is 2.25 bits per heavy atom. The second-order valence-electron chi connectivity index (χ2n) is 1.62. The molecule has 0 aliphatic rings. The van der Waals surface area contributed by atoms with Gasteiger partial charge >= 0.3 is 0 Å². The zero-order valence-electron chi connectivity index (χ0n) is 5.06. The van der Waals surface area contributed by atoms with Gasteiger partial charge < -0.3 is 5.73 Å². The molecule has 0 aromatic heterocycles. The fraction of sp³-hybridized carbons (Fsp3) is 1.00. The van der Waals surface area contributed by atoms with Crippen molar-refractivity contribution in [2.75, 3.05) is 6.54 Å². The summed E-state index contributed by atoms with van der Waals surface area (Å²) in [6.07, 6.45) is 0.722.